The highest BCUT2D eigenvalue weighted by Gasteiger charge is 2.45. The van der Waals surface area contributed by atoms with Gasteiger partial charge < -0.3 is 9.64 Å². The standard InChI is InChI=1S/C22H27N3O2/c26-21(19-7-3-5-17-6-4-10-23-20(17)19)25-13-8-22(9-14-25)15-18(16-27-22)24-11-1-2-12-24/h3-7,10,18H,1-2,8-9,11-16H2. The molecule has 4 heterocycles. The molecule has 1 atom stereocenters. The SMILES string of the molecule is O=C(c1cccc2cccnc12)N1CCC2(CC1)CC(N1CCCC1)CO2. The van der Waals surface area contributed by atoms with E-state index in [9.17, 15) is 4.79 Å². The van der Waals surface area contributed by atoms with Gasteiger partial charge in [-0.05, 0) is 57.3 Å². The summed E-state index contributed by atoms with van der Waals surface area (Å²) in [6, 6.07) is 10.4. The van der Waals surface area contributed by atoms with Crippen LogP contribution in [0.2, 0.25) is 0 Å². The van der Waals surface area contributed by atoms with E-state index in [4.69, 9.17) is 4.74 Å². The Morgan fingerprint density at radius 2 is 1.85 bits per heavy atom. The first-order chi connectivity index (χ1) is 13.2. The van der Waals surface area contributed by atoms with Crippen LogP contribution in [0, 0.1) is 0 Å². The monoisotopic (exact) mass is 365 g/mol. The molecule has 1 unspecified atom stereocenters. The molecule has 3 aliphatic rings. The summed E-state index contributed by atoms with van der Waals surface area (Å²) in [4.78, 5) is 22.2. The Kier molecular flexibility index (Phi) is 4.37. The Morgan fingerprint density at radius 3 is 2.67 bits per heavy atom. The van der Waals surface area contributed by atoms with Gasteiger partial charge in [0.15, 0.2) is 0 Å². The first-order valence-electron chi connectivity index (χ1n) is 10.3. The van der Waals surface area contributed by atoms with Gasteiger partial charge in [0.25, 0.3) is 5.91 Å². The Labute approximate surface area is 160 Å². The molecule has 0 N–H and O–H groups in total. The van der Waals surface area contributed by atoms with Crippen molar-refractivity contribution in [2.45, 2.75) is 43.7 Å². The largest absolute Gasteiger partial charge is 0.373 e. The number of nitrogens with zero attached hydrogens (tertiary/aromatic N) is 3. The summed E-state index contributed by atoms with van der Waals surface area (Å²) in [5.41, 5.74) is 1.50. The van der Waals surface area contributed by atoms with Crippen LogP contribution in [0.3, 0.4) is 0 Å². The first kappa shape index (κ1) is 17.1. The third kappa shape index (κ3) is 3.13. The van der Waals surface area contributed by atoms with E-state index in [0.717, 1.165) is 49.9 Å². The van der Waals surface area contributed by atoms with Gasteiger partial charge in [0.1, 0.15) is 0 Å². The molecule has 142 valence electrons. The summed E-state index contributed by atoms with van der Waals surface area (Å²) < 4.78 is 6.32. The molecule has 1 aromatic carbocycles. The van der Waals surface area contributed by atoms with Crippen LogP contribution in [0.25, 0.3) is 10.9 Å². The molecule has 1 amide bonds. The Morgan fingerprint density at radius 1 is 1.07 bits per heavy atom. The molecular weight excluding hydrogens is 338 g/mol. The van der Waals surface area contributed by atoms with Gasteiger partial charge in [-0.15, -0.1) is 0 Å². The van der Waals surface area contributed by atoms with Gasteiger partial charge >= 0.3 is 0 Å². The molecule has 0 aliphatic carbocycles. The highest BCUT2D eigenvalue weighted by molar-refractivity contribution is 6.05. The smallest absolute Gasteiger partial charge is 0.256 e. The molecule has 3 saturated heterocycles. The minimum atomic E-state index is -0.0129. The van der Waals surface area contributed by atoms with Crippen LogP contribution < -0.4 is 0 Å². The molecule has 5 nitrogen and oxygen atoms in total. The lowest BCUT2D eigenvalue weighted by Gasteiger charge is -2.39. The number of fused-ring (bicyclic) bond motifs is 1. The number of carbonyl (C=O) groups excluding carboxylic acids is 1. The molecule has 0 radical (unpaired) electrons. The quantitative estimate of drug-likeness (QED) is 0.820. The molecule has 0 bridgehead atoms. The van der Waals surface area contributed by atoms with Crippen molar-refractivity contribution in [2.24, 2.45) is 0 Å². The van der Waals surface area contributed by atoms with Gasteiger partial charge in [-0.1, -0.05) is 18.2 Å². The Balaban J connectivity index is 1.27. The van der Waals surface area contributed by atoms with Crippen molar-refractivity contribution in [1.29, 1.82) is 0 Å². The second kappa shape index (κ2) is 6.88. The number of aromatic nitrogens is 1. The number of pyridine rings is 1. The van der Waals surface area contributed by atoms with Crippen molar-refractivity contribution in [1.82, 2.24) is 14.8 Å². The molecule has 5 heteroatoms. The molecule has 2 aromatic rings. The number of benzene rings is 1. The van der Waals surface area contributed by atoms with Crippen molar-refractivity contribution in [3.8, 4) is 0 Å². The van der Waals surface area contributed by atoms with Crippen LogP contribution in [-0.4, -0.2) is 65.1 Å². The lowest BCUT2D eigenvalue weighted by atomic mass is 9.87. The maximum absolute atomic E-state index is 13.1. The van der Waals surface area contributed by atoms with E-state index < -0.39 is 0 Å². The number of hydrogen-bond acceptors (Lipinski definition) is 4. The lowest BCUT2D eigenvalue weighted by molar-refractivity contribution is -0.0392. The van der Waals surface area contributed by atoms with E-state index in [1.807, 2.05) is 35.2 Å². The molecule has 5 rings (SSSR count). The van der Waals surface area contributed by atoms with E-state index in [2.05, 4.69) is 9.88 Å². The summed E-state index contributed by atoms with van der Waals surface area (Å²) in [6.45, 7) is 4.86. The predicted molar refractivity (Wildman–Crippen MR) is 105 cm³/mol. The number of para-hydroxylation sites is 1. The zero-order chi connectivity index (χ0) is 18.3. The second-order valence-electron chi connectivity index (χ2n) is 8.27. The number of rotatable bonds is 2. The highest BCUT2D eigenvalue weighted by Crippen LogP contribution is 2.38. The van der Waals surface area contributed by atoms with Crippen LogP contribution >= 0.6 is 0 Å². The fraction of sp³-hybridized carbons (Fsp3) is 0.545. The third-order valence-corrected chi connectivity index (χ3v) is 6.67. The summed E-state index contributed by atoms with van der Waals surface area (Å²) in [7, 11) is 0. The van der Waals surface area contributed by atoms with E-state index in [1.165, 1.54) is 25.9 Å². The van der Waals surface area contributed by atoms with Gasteiger partial charge in [-0.3, -0.25) is 14.7 Å². The number of hydrogen-bond donors (Lipinski definition) is 0. The Hall–Kier alpha value is -1.98. The van der Waals surface area contributed by atoms with Gasteiger partial charge in [0.2, 0.25) is 0 Å². The lowest BCUT2D eigenvalue weighted by Crippen LogP contribution is -2.47. The van der Waals surface area contributed by atoms with Crippen molar-refractivity contribution < 1.29 is 9.53 Å². The van der Waals surface area contributed by atoms with Gasteiger partial charge in [0.05, 0.1) is 23.3 Å². The van der Waals surface area contributed by atoms with E-state index in [0.29, 0.717) is 11.6 Å². The number of amides is 1. The van der Waals surface area contributed by atoms with E-state index in [1.54, 1.807) is 6.20 Å². The van der Waals surface area contributed by atoms with Crippen LogP contribution in [0.15, 0.2) is 36.5 Å². The van der Waals surface area contributed by atoms with Crippen LogP contribution in [-0.2, 0) is 4.74 Å². The summed E-state index contributed by atoms with van der Waals surface area (Å²) in [5.74, 6) is 0.100. The van der Waals surface area contributed by atoms with Crippen LogP contribution in [0.5, 0.6) is 0 Å². The molecule has 3 aliphatic heterocycles. The Bertz CT molecular complexity index is 833. The molecule has 1 spiro atoms. The van der Waals surface area contributed by atoms with Gasteiger partial charge in [-0.25, -0.2) is 0 Å². The zero-order valence-corrected chi connectivity index (χ0v) is 15.8. The van der Waals surface area contributed by atoms with E-state index in [-0.39, 0.29) is 11.5 Å². The minimum Gasteiger partial charge on any atom is -0.373 e. The minimum absolute atomic E-state index is 0.0129. The van der Waals surface area contributed by atoms with Crippen LogP contribution in [0.1, 0.15) is 42.5 Å². The highest BCUT2D eigenvalue weighted by atomic mass is 16.5. The third-order valence-electron chi connectivity index (χ3n) is 6.67. The number of likely N-dealkylation sites (tertiary alicyclic amines) is 2. The molecule has 27 heavy (non-hydrogen) atoms. The second-order valence-corrected chi connectivity index (χ2v) is 8.27. The molecule has 1 aromatic heterocycles. The fourth-order valence-electron chi connectivity index (χ4n) is 5.07. The number of carbonyl (C=O) groups is 1. The maximum Gasteiger partial charge on any atom is 0.256 e. The summed E-state index contributed by atoms with van der Waals surface area (Å²) in [6.07, 6.45) is 7.43. The molecule has 3 fully saturated rings. The predicted octanol–water partition coefficient (Wildman–Crippen LogP) is 3.09. The van der Waals surface area contributed by atoms with Crippen molar-refractivity contribution >= 4 is 16.8 Å². The fourth-order valence-corrected chi connectivity index (χ4v) is 5.07. The van der Waals surface area contributed by atoms with Gasteiger partial charge in [0, 0.05) is 30.7 Å². The van der Waals surface area contributed by atoms with Crippen molar-refractivity contribution in [3.63, 3.8) is 0 Å². The first-order valence-corrected chi connectivity index (χ1v) is 10.3. The number of piperidine rings is 1. The van der Waals surface area contributed by atoms with E-state index >= 15 is 0 Å². The van der Waals surface area contributed by atoms with Crippen molar-refractivity contribution in [3.05, 3.63) is 42.1 Å². The average molecular weight is 365 g/mol. The zero-order valence-electron chi connectivity index (χ0n) is 15.8. The summed E-state index contributed by atoms with van der Waals surface area (Å²) in [5, 5.41) is 1.02. The van der Waals surface area contributed by atoms with Crippen molar-refractivity contribution in [2.75, 3.05) is 32.8 Å². The molecular formula is C22H27N3O2. The maximum atomic E-state index is 13.1. The van der Waals surface area contributed by atoms with Gasteiger partial charge in [-0.2, -0.15) is 0 Å². The topological polar surface area (TPSA) is 45.7 Å². The molecule has 0 saturated carbocycles. The average Bonchev–Trinajstić information content (AvgIpc) is 3.38. The summed E-state index contributed by atoms with van der Waals surface area (Å²) >= 11 is 0. The number of ether oxygens (including phenoxy) is 1. The van der Waals surface area contributed by atoms with Crippen LogP contribution in [0.4, 0.5) is 0 Å². The normalized spacial score (nSPS) is 25.5.